The fourth-order valence-electron chi connectivity index (χ4n) is 1.97. The van der Waals surface area contributed by atoms with Crippen LogP contribution in [-0.4, -0.2) is 24.6 Å². The molecule has 106 valence electrons. The molecule has 0 bridgehead atoms. The number of pyridine rings is 1. The van der Waals surface area contributed by atoms with Crippen LogP contribution in [0.15, 0.2) is 24.9 Å². The molecule has 0 spiro atoms. The largest absolute Gasteiger partial charge is 0.374 e. The lowest BCUT2D eigenvalue weighted by Gasteiger charge is -2.23. The van der Waals surface area contributed by atoms with Gasteiger partial charge in [0.2, 0.25) is 0 Å². The summed E-state index contributed by atoms with van der Waals surface area (Å²) in [7, 11) is 2.15. The van der Waals surface area contributed by atoms with Gasteiger partial charge in [-0.25, -0.2) is 0 Å². The number of aryl methyl sites for hydroxylation is 1. The Hall–Kier alpha value is -1.35. The van der Waals surface area contributed by atoms with Crippen molar-refractivity contribution >= 4 is 5.69 Å². The highest BCUT2D eigenvalue weighted by Crippen LogP contribution is 2.20. The van der Waals surface area contributed by atoms with E-state index in [0.29, 0.717) is 6.04 Å². The van der Waals surface area contributed by atoms with Crippen LogP contribution in [0.25, 0.3) is 0 Å². The first kappa shape index (κ1) is 15.7. The van der Waals surface area contributed by atoms with Gasteiger partial charge >= 0.3 is 0 Å². The van der Waals surface area contributed by atoms with Crippen LogP contribution in [0.5, 0.6) is 0 Å². The fraction of sp³-hybridized carbons (Fsp3) is 0.562. The molecule has 0 aromatic carbocycles. The van der Waals surface area contributed by atoms with Crippen molar-refractivity contribution in [1.29, 1.82) is 0 Å². The third-order valence-electron chi connectivity index (χ3n) is 3.11. The highest BCUT2D eigenvalue weighted by atomic mass is 15.1. The van der Waals surface area contributed by atoms with Crippen molar-refractivity contribution in [1.82, 2.24) is 10.3 Å². The average molecular weight is 261 g/mol. The standard InChI is InChI=1S/C16H27N3/c1-6-7-8-9-19(5)16-10-14(4)18-12-15(16)11-17-13(2)3/h6,10,12-13,17H,1,7-9,11H2,2-5H3. The van der Waals surface area contributed by atoms with Crippen molar-refractivity contribution in [2.45, 2.75) is 46.2 Å². The smallest absolute Gasteiger partial charge is 0.0442 e. The molecule has 0 unspecified atom stereocenters. The van der Waals surface area contributed by atoms with Crippen LogP contribution in [-0.2, 0) is 6.54 Å². The third-order valence-corrected chi connectivity index (χ3v) is 3.11. The summed E-state index contributed by atoms with van der Waals surface area (Å²) in [5, 5.41) is 3.46. The minimum absolute atomic E-state index is 0.486. The van der Waals surface area contributed by atoms with E-state index in [9.17, 15) is 0 Å². The molecule has 0 radical (unpaired) electrons. The van der Waals surface area contributed by atoms with E-state index < -0.39 is 0 Å². The summed E-state index contributed by atoms with van der Waals surface area (Å²) < 4.78 is 0. The van der Waals surface area contributed by atoms with Crippen molar-refractivity contribution in [3.8, 4) is 0 Å². The summed E-state index contributed by atoms with van der Waals surface area (Å²) >= 11 is 0. The fourth-order valence-corrected chi connectivity index (χ4v) is 1.97. The molecule has 1 aromatic heterocycles. The van der Waals surface area contributed by atoms with E-state index in [4.69, 9.17) is 0 Å². The minimum atomic E-state index is 0.486. The van der Waals surface area contributed by atoms with Gasteiger partial charge in [0, 0.05) is 49.3 Å². The molecule has 1 aromatic rings. The van der Waals surface area contributed by atoms with E-state index in [2.05, 4.69) is 48.7 Å². The summed E-state index contributed by atoms with van der Waals surface area (Å²) in [5.41, 5.74) is 3.61. The van der Waals surface area contributed by atoms with E-state index in [1.165, 1.54) is 11.3 Å². The maximum atomic E-state index is 4.41. The Morgan fingerprint density at radius 3 is 2.84 bits per heavy atom. The number of aromatic nitrogens is 1. The molecule has 19 heavy (non-hydrogen) atoms. The first-order valence-electron chi connectivity index (χ1n) is 7.05. The number of nitrogens with zero attached hydrogens (tertiary/aromatic N) is 2. The molecule has 0 aliphatic heterocycles. The van der Waals surface area contributed by atoms with E-state index in [0.717, 1.165) is 31.6 Å². The van der Waals surface area contributed by atoms with Gasteiger partial charge in [-0.2, -0.15) is 0 Å². The molecule has 1 rings (SSSR count). The molecular formula is C16H27N3. The average Bonchev–Trinajstić information content (AvgIpc) is 2.37. The van der Waals surface area contributed by atoms with Crippen molar-refractivity contribution in [3.63, 3.8) is 0 Å². The van der Waals surface area contributed by atoms with Gasteiger partial charge in [0.1, 0.15) is 0 Å². The Kier molecular flexibility index (Phi) is 6.57. The van der Waals surface area contributed by atoms with Gasteiger partial charge in [-0.1, -0.05) is 19.9 Å². The van der Waals surface area contributed by atoms with E-state index in [1.54, 1.807) is 0 Å². The molecule has 1 heterocycles. The third kappa shape index (κ3) is 5.43. The number of hydrogen-bond acceptors (Lipinski definition) is 3. The summed E-state index contributed by atoms with van der Waals surface area (Å²) in [6, 6.07) is 2.66. The molecule has 0 amide bonds. The lowest BCUT2D eigenvalue weighted by Crippen LogP contribution is -2.25. The van der Waals surface area contributed by atoms with Gasteiger partial charge < -0.3 is 10.2 Å². The second-order valence-corrected chi connectivity index (χ2v) is 5.34. The number of unbranched alkanes of at least 4 members (excludes halogenated alkanes) is 1. The van der Waals surface area contributed by atoms with Crippen LogP contribution in [0.3, 0.4) is 0 Å². The molecule has 0 saturated carbocycles. The van der Waals surface area contributed by atoms with Gasteiger partial charge in [0.15, 0.2) is 0 Å². The molecule has 1 N–H and O–H groups in total. The lowest BCUT2D eigenvalue weighted by molar-refractivity contribution is 0.587. The molecule has 0 aliphatic rings. The van der Waals surface area contributed by atoms with Gasteiger partial charge in [-0.3, -0.25) is 4.98 Å². The number of anilines is 1. The molecule has 0 saturated heterocycles. The summed E-state index contributed by atoms with van der Waals surface area (Å²) in [6.45, 7) is 12.1. The first-order chi connectivity index (χ1) is 9.04. The number of hydrogen-bond donors (Lipinski definition) is 1. The van der Waals surface area contributed by atoms with Crippen molar-refractivity contribution < 1.29 is 0 Å². The molecule has 0 atom stereocenters. The van der Waals surface area contributed by atoms with Crippen molar-refractivity contribution in [3.05, 3.63) is 36.2 Å². The Bertz CT molecular complexity index is 399. The van der Waals surface area contributed by atoms with Crippen molar-refractivity contribution in [2.75, 3.05) is 18.5 Å². The van der Waals surface area contributed by atoms with Gasteiger partial charge in [-0.05, 0) is 25.8 Å². The quantitative estimate of drug-likeness (QED) is 0.575. The highest BCUT2D eigenvalue weighted by molar-refractivity contribution is 5.53. The maximum Gasteiger partial charge on any atom is 0.0442 e. The topological polar surface area (TPSA) is 28.2 Å². The van der Waals surface area contributed by atoms with Gasteiger partial charge in [0.25, 0.3) is 0 Å². The van der Waals surface area contributed by atoms with Crippen LogP contribution < -0.4 is 10.2 Å². The van der Waals surface area contributed by atoms with Crippen LogP contribution in [0, 0.1) is 6.92 Å². The van der Waals surface area contributed by atoms with Gasteiger partial charge in [-0.15, -0.1) is 6.58 Å². The minimum Gasteiger partial charge on any atom is -0.374 e. The predicted octanol–water partition coefficient (Wildman–Crippen LogP) is 3.29. The highest BCUT2D eigenvalue weighted by Gasteiger charge is 2.08. The predicted molar refractivity (Wildman–Crippen MR) is 83.7 cm³/mol. The molecule has 3 heteroatoms. The van der Waals surface area contributed by atoms with Crippen molar-refractivity contribution in [2.24, 2.45) is 0 Å². The number of nitrogens with one attached hydrogen (secondary N) is 1. The van der Waals surface area contributed by atoms with Crippen LogP contribution in [0.1, 0.15) is 37.9 Å². The zero-order valence-electron chi connectivity index (χ0n) is 12.7. The second kappa shape index (κ2) is 7.95. The lowest BCUT2D eigenvalue weighted by atomic mass is 10.1. The normalized spacial score (nSPS) is 10.8. The summed E-state index contributed by atoms with van der Waals surface area (Å²) in [6.07, 6.45) is 6.17. The Balaban J connectivity index is 2.77. The monoisotopic (exact) mass is 261 g/mol. The zero-order valence-corrected chi connectivity index (χ0v) is 12.7. The van der Waals surface area contributed by atoms with Crippen LogP contribution in [0.4, 0.5) is 5.69 Å². The van der Waals surface area contributed by atoms with Crippen LogP contribution >= 0.6 is 0 Å². The second-order valence-electron chi connectivity index (χ2n) is 5.34. The SMILES string of the molecule is C=CCCCN(C)c1cc(C)ncc1CNC(C)C. The zero-order chi connectivity index (χ0) is 14.3. The van der Waals surface area contributed by atoms with Crippen LogP contribution in [0.2, 0.25) is 0 Å². The number of rotatable bonds is 8. The first-order valence-corrected chi connectivity index (χ1v) is 7.05. The molecule has 0 fully saturated rings. The van der Waals surface area contributed by atoms with Gasteiger partial charge in [0.05, 0.1) is 0 Å². The van der Waals surface area contributed by atoms with E-state index in [-0.39, 0.29) is 0 Å². The maximum absolute atomic E-state index is 4.41. The van der Waals surface area contributed by atoms with E-state index in [1.807, 2.05) is 19.2 Å². The van der Waals surface area contributed by atoms with E-state index >= 15 is 0 Å². The molecule has 3 nitrogen and oxygen atoms in total. The summed E-state index contributed by atoms with van der Waals surface area (Å²) in [4.78, 5) is 6.73. The Morgan fingerprint density at radius 1 is 1.47 bits per heavy atom. The molecular weight excluding hydrogens is 234 g/mol. The summed E-state index contributed by atoms with van der Waals surface area (Å²) in [5.74, 6) is 0. The molecule has 0 aliphatic carbocycles. The Morgan fingerprint density at radius 2 is 2.21 bits per heavy atom. The number of allylic oxidation sites excluding steroid dienone is 1. The Labute approximate surface area is 117 Å².